The highest BCUT2D eigenvalue weighted by atomic mass is 35.5. The maximum Gasteiger partial charge on any atom is 0.282 e. The molecule has 146 valence electrons. The molecule has 2 aliphatic rings. The van der Waals surface area contributed by atoms with Crippen LogP contribution in [-0.2, 0) is 14.3 Å². The molecule has 2 aliphatic heterocycles. The van der Waals surface area contributed by atoms with E-state index in [1.54, 1.807) is 18.2 Å². The third-order valence-corrected chi connectivity index (χ3v) is 6.15. The van der Waals surface area contributed by atoms with E-state index >= 15 is 0 Å². The summed E-state index contributed by atoms with van der Waals surface area (Å²) >= 11 is 13.8. The molecule has 0 saturated carbocycles. The molecule has 0 aliphatic carbocycles. The van der Waals surface area contributed by atoms with Crippen molar-refractivity contribution in [3.8, 4) is 0 Å². The minimum atomic E-state index is -0.390. The van der Waals surface area contributed by atoms with Crippen LogP contribution in [-0.4, -0.2) is 42.0 Å². The van der Waals surface area contributed by atoms with Crippen molar-refractivity contribution in [3.63, 3.8) is 0 Å². The molecule has 2 aromatic rings. The van der Waals surface area contributed by atoms with Gasteiger partial charge in [0.15, 0.2) is 0 Å². The van der Waals surface area contributed by atoms with Crippen molar-refractivity contribution >= 4 is 57.6 Å². The molecule has 0 spiro atoms. The number of morpholine rings is 1. The highest BCUT2D eigenvalue weighted by Crippen LogP contribution is 2.40. The molecule has 0 N–H and O–H groups in total. The fourth-order valence-corrected chi connectivity index (χ4v) is 4.82. The van der Waals surface area contributed by atoms with Crippen molar-refractivity contribution in [1.29, 1.82) is 0 Å². The molecule has 3 heterocycles. The predicted molar refractivity (Wildman–Crippen MR) is 112 cm³/mol. The molecule has 1 aromatic heterocycles. The summed E-state index contributed by atoms with van der Waals surface area (Å²) in [4.78, 5) is 30.7. The Hall–Kier alpha value is -1.86. The van der Waals surface area contributed by atoms with E-state index in [1.807, 2.05) is 36.3 Å². The van der Waals surface area contributed by atoms with Crippen LogP contribution in [0.5, 0.6) is 0 Å². The van der Waals surface area contributed by atoms with Crippen molar-refractivity contribution in [2.75, 3.05) is 18.0 Å². The molecule has 4 rings (SSSR count). The second kappa shape index (κ2) is 7.52. The third kappa shape index (κ3) is 3.35. The van der Waals surface area contributed by atoms with Gasteiger partial charge in [-0.15, -0.1) is 11.3 Å². The number of ether oxygens (including phenoxy) is 1. The van der Waals surface area contributed by atoms with Crippen molar-refractivity contribution < 1.29 is 14.3 Å². The van der Waals surface area contributed by atoms with Gasteiger partial charge in [-0.3, -0.25) is 9.59 Å². The molecule has 0 bridgehead atoms. The maximum absolute atomic E-state index is 13.5. The number of hydrogen-bond donors (Lipinski definition) is 0. The zero-order valence-electron chi connectivity index (χ0n) is 15.3. The SMILES string of the molecule is CC1CN(C2=C(c3cccs3)C(=O)N(c3cc(Cl)ccc3Cl)C2=O)CC(C)O1. The fourth-order valence-electron chi connectivity index (χ4n) is 3.69. The van der Waals surface area contributed by atoms with Crippen LogP contribution < -0.4 is 4.90 Å². The lowest BCUT2D eigenvalue weighted by molar-refractivity contribution is -0.121. The molecule has 28 heavy (non-hydrogen) atoms. The molecular formula is C20H18Cl2N2O3S. The van der Waals surface area contributed by atoms with E-state index in [4.69, 9.17) is 27.9 Å². The smallest absolute Gasteiger partial charge is 0.282 e. The van der Waals surface area contributed by atoms with E-state index in [9.17, 15) is 9.59 Å². The van der Waals surface area contributed by atoms with E-state index in [1.165, 1.54) is 11.3 Å². The van der Waals surface area contributed by atoms with E-state index in [0.29, 0.717) is 40.1 Å². The maximum atomic E-state index is 13.5. The first-order valence-electron chi connectivity index (χ1n) is 8.89. The first kappa shape index (κ1) is 19.5. The number of anilines is 1. The van der Waals surface area contributed by atoms with Crippen LogP contribution in [0.4, 0.5) is 5.69 Å². The fraction of sp³-hybridized carbons (Fsp3) is 0.300. The van der Waals surface area contributed by atoms with Crippen molar-refractivity contribution in [1.82, 2.24) is 4.90 Å². The molecule has 1 aromatic carbocycles. The zero-order valence-corrected chi connectivity index (χ0v) is 17.6. The molecule has 1 fully saturated rings. The number of halogens is 2. The Bertz CT molecular complexity index is 964. The number of hydrogen-bond acceptors (Lipinski definition) is 5. The summed E-state index contributed by atoms with van der Waals surface area (Å²) in [5.74, 6) is -0.780. The van der Waals surface area contributed by atoms with Gasteiger partial charge in [-0.1, -0.05) is 29.3 Å². The van der Waals surface area contributed by atoms with Crippen LogP contribution in [0.15, 0.2) is 41.4 Å². The average molecular weight is 437 g/mol. The number of benzene rings is 1. The van der Waals surface area contributed by atoms with E-state index in [2.05, 4.69) is 0 Å². The summed E-state index contributed by atoms with van der Waals surface area (Å²) in [5, 5.41) is 2.58. The van der Waals surface area contributed by atoms with Crippen LogP contribution >= 0.6 is 34.5 Å². The Kier molecular flexibility index (Phi) is 5.22. The zero-order chi connectivity index (χ0) is 20.0. The molecule has 0 radical (unpaired) electrons. The topological polar surface area (TPSA) is 49.9 Å². The van der Waals surface area contributed by atoms with Crippen LogP contribution in [0.2, 0.25) is 10.0 Å². The lowest BCUT2D eigenvalue weighted by Gasteiger charge is -2.37. The number of carbonyl (C=O) groups excluding carboxylic acids is 2. The molecule has 1 saturated heterocycles. The highest BCUT2D eigenvalue weighted by Gasteiger charge is 2.44. The lowest BCUT2D eigenvalue weighted by Crippen LogP contribution is -2.47. The first-order chi connectivity index (χ1) is 13.4. The number of imide groups is 1. The summed E-state index contributed by atoms with van der Waals surface area (Å²) in [6, 6.07) is 8.46. The van der Waals surface area contributed by atoms with Gasteiger partial charge in [0.2, 0.25) is 0 Å². The Morgan fingerprint density at radius 1 is 1.07 bits per heavy atom. The normalized spacial score (nSPS) is 23.1. The van der Waals surface area contributed by atoms with Gasteiger partial charge >= 0.3 is 0 Å². The largest absolute Gasteiger partial charge is 0.372 e. The number of amides is 2. The summed E-state index contributed by atoms with van der Waals surface area (Å²) in [6.07, 6.45) is -0.0971. The van der Waals surface area contributed by atoms with Crippen LogP contribution in [0.25, 0.3) is 5.57 Å². The van der Waals surface area contributed by atoms with Gasteiger partial charge in [0.25, 0.3) is 11.8 Å². The minimum Gasteiger partial charge on any atom is -0.372 e. The Labute approximate surface area is 177 Å². The number of nitrogens with zero attached hydrogens (tertiary/aromatic N) is 2. The van der Waals surface area contributed by atoms with Gasteiger partial charge < -0.3 is 9.64 Å². The Morgan fingerprint density at radius 3 is 2.43 bits per heavy atom. The molecule has 2 atom stereocenters. The number of rotatable bonds is 3. The first-order valence-corrected chi connectivity index (χ1v) is 10.5. The van der Waals surface area contributed by atoms with Gasteiger partial charge in [-0.2, -0.15) is 0 Å². The molecule has 2 unspecified atom stereocenters. The predicted octanol–water partition coefficient (Wildman–Crippen LogP) is 4.45. The van der Waals surface area contributed by atoms with Crippen molar-refractivity contribution in [2.45, 2.75) is 26.1 Å². The monoisotopic (exact) mass is 436 g/mol. The van der Waals surface area contributed by atoms with E-state index in [0.717, 1.165) is 9.78 Å². The summed E-state index contributed by atoms with van der Waals surface area (Å²) < 4.78 is 5.80. The molecule has 5 nitrogen and oxygen atoms in total. The van der Waals surface area contributed by atoms with Gasteiger partial charge in [-0.25, -0.2) is 4.90 Å². The van der Waals surface area contributed by atoms with Gasteiger partial charge in [0, 0.05) is 23.0 Å². The highest BCUT2D eigenvalue weighted by molar-refractivity contribution is 7.11. The molecular weight excluding hydrogens is 419 g/mol. The van der Waals surface area contributed by atoms with E-state index < -0.39 is 5.91 Å². The van der Waals surface area contributed by atoms with Crippen molar-refractivity contribution in [3.05, 3.63) is 56.3 Å². The summed E-state index contributed by atoms with van der Waals surface area (Å²) in [7, 11) is 0. The Balaban J connectivity index is 1.84. The van der Waals surface area contributed by atoms with Gasteiger partial charge in [-0.05, 0) is 43.5 Å². The molecule has 8 heteroatoms. The third-order valence-electron chi connectivity index (χ3n) is 4.71. The Morgan fingerprint density at radius 2 is 1.79 bits per heavy atom. The van der Waals surface area contributed by atoms with Gasteiger partial charge in [0.1, 0.15) is 5.70 Å². The van der Waals surface area contributed by atoms with Crippen molar-refractivity contribution in [2.24, 2.45) is 0 Å². The lowest BCUT2D eigenvalue weighted by atomic mass is 10.1. The van der Waals surface area contributed by atoms with Gasteiger partial charge in [0.05, 0.1) is 28.5 Å². The average Bonchev–Trinajstić information content (AvgIpc) is 3.23. The van der Waals surface area contributed by atoms with Crippen LogP contribution in [0, 0.1) is 0 Å². The second-order valence-corrected chi connectivity index (χ2v) is 8.70. The summed E-state index contributed by atoms with van der Waals surface area (Å²) in [5.41, 5.74) is 1.09. The van der Waals surface area contributed by atoms with Crippen LogP contribution in [0.3, 0.4) is 0 Å². The standard InChI is InChI=1S/C20H18Cl2N2O3S/c1-11-9-23(10-12(2)27-11)18-17(16-4-3-7-28-16)19(25)24(20(18)26)15-8-13(21)5-6-14(15)22/h3-8,11-12H,9-10H2,1-2H3. The molecule has 2 amide bonds. The minimum absolute atomic E-state index is 0.0486. The summed E-state index contributed by atoms with van der Waals surface area (Å²) in [6.45, 7) is 4.98. The van der Waals surface area contributed by atoms with Crippen LogP contribution in [0.1, 0.15) is 18.7 Å². The second-order valence-electron chi connectivity index (χ2n) is 6.90. The number of carbonyl (C=O) groups is 2. The quantitative estimate of drug-likeness (QED) is 0.666. The number of thiophene rings is 1. The van der Waals surface area contributed by atoms with E-state index in [-0.39, 0.29) is 18.1 Å².